The van der Waals surface area contributed by atoms with Gasteiger partial charge in [-0.1, -0.05) is 0 Å². The molecule has 0 fully saturated rings. The third kappa shape index (κ3) is 475000. The Hall–Kier alpha value is -0.0286. The molecule has 0 aliphatic carbocycles. The van der Waals surface area contributed by atoms with Crippen LogP contribution in [-0.4, -0.2) is 0 Å². The molecule has 0 saturated carbocycles. The van der Waals surface area contributed by atoms with Gasteiger partial charge in [0, 0.05) is 26.2 Å². The van der Waals surface area contributed by atoms with Gasteiger partial charge in [0.15, 0.2) is 0 Å². The standard InChI is InChI=1S/8O.W.Zr. The molecular formula is O8WZr. The van der Waals surface area contributed by atoms with Crippen LogP contribution < -0.4 is 0 Å². The Morgan fingerprint density at radius 1 is 0.500 bits per heavy atom. The summed E-state index contributed by atoms with van der Waals surface area (Å²) in [5.74, 6) is 0. The molecule has 0 atom stereocenters. The van der Waals surface area contributed by atoms with Crippen LogP contribution in [0.25, 0.3) is 0 Å². The molecule has 8 nitrogen and oxygen atoms in total. The number of hydrogen-bond acceptors (Lipinski definition) is 8. The molecule has 0 rings (SSSR count). The van der Waals surface area contributed by atoms with Crippen LogP contribution >= 0.6 is 0 Å². The molecule has 0 aliphatic heterocycles. The molecule has 0 saturated heterocycles. The topological polar surface area (TPSA) is 137 Å². The van der Waals surface area contributed by atoms with Gasteiger partial charge in [-0.25, -0.2) is 0 Å². The molecule has 0 unspecified atom stereocenters. The molecule has 0 heterocycles. The third-order valence-electron chi connectivity index (χ3n) is 0. The first-order valence-corrected chi connectivity index (χ1v) is 10.9. The SMILES string of the molecule is [O]=[W](=[O])(=[O])(=[O])(=[O])(=[O])(=[O])=[O].[Zr]. The smallest absolute Gasteiger partial charge is 0 e. The zero-order valence-corrected chi connectivity index (χ0v) is 9.57. The summed E-state index contributed by atoms with van der Waals surface area (Å²) < 4.78 is 69.6. The number of rotatable bonds is 0. The maximum Gasteiger partial charge on any atom is 0 e. The minimum atomic E-state index is -13.4. The molecule has 0 aromatic carbocycles. The zero-order valence-electron chi connectivity index (χ0n) is 4.17. The second-order valence-corrected chi connectivity index (χ2v) is 15.6. The summed E-state index contributed by atoms with van der Waals surface area (Å²) in [4.78, 5) is 0. The van der Waals surface area contributed by atoms with Gasteiger partial charge < -0.3 is 0 Å². The Kier molecular flexibility index (Phi) is 0.920. The van der Waals surface area contributed by atoms with Crippen molar-refractivity contribution in [2.45, 2.75) is 0 Å². The van der Waals surface area contributed by atoms with E-state index in [9.17, 15) is 0 Å². The van der Waals surface area contributed by atoms with E-state index >= 15 is 0 Å². The normalized spacial score (nSPS) is 14.4. The molecule has 0 radical (unpaired) electrons. The van der Waals surface area contributed by atoms with Gasteiger partial charge in [0.1, 0.15) is 0 Å². The fourth-order valence-corrected chi connectivity index (χ4v) is 0. The monoisotopic (exact) mass is 402 g/mol. The van der Waals surface area contributed by atoms with E-state index in [2.05, 4.69) is 0 Å². The molecule has 10 heavy (non-hydrogen) atoms. The Morgan fingerprint density at radius 2 is 0.500 bits per heavy atom. The van der Waals surface area contributed by atoms with Crippen molar-refractivity contribution in [3.8, 4) is 0 Å². The van der Waals surface area contributed by atoms with Gasteiger partial charge in [-0.3, -0.25) is 0 Å². The number of hydrogen-bond donors (Lipinski definition) is 0. The quantitative estimate of drug-likeness (QED) is 0.505. The van der Waals surface area contributed by atoms with E-state index < -0.39 is 10.8 Å². The van der Waals surface area contributed by atoms with Crippen LogP contribution in [0.15, 0.2) is 0 Å². The fraction of sp³-hybridized carbons (Fsp3) is 0. The first-order valence-electron chi connectivity index (χ1n) is 1.33. The summed E-state index contributed by atoms with van der Waals surface area (Å²) in [5.41, 5.74) is 0. The molecular weight excluding hydrogens is 403 g/mol. The summed E-state index contributed by atoms with van der Waals surface area (Å²) in [5, 5.41) is 0. The van der Waals surface area contributed by atoms with Crippen molar-refractivity contribution < 1.29 is 64.1 Å². The summed E-state index contributed by atoms with van der Waals surface area (Å²) in [7, 11) is -13.4. The zero-order chi connectivity index (χ0) is 8.35. The van der Waals surface area contributed by atoms with Crippen molar-refractivity contribution in [2.24, 2.45) is 0 Å². The minimum absolute atomic E-state index is 0. The molecule has 0 bridgehead atoms. The van der Waals surface area contributed by atoms with Crippen LogP contribution in [0, 0.1) is 0 Å². The molecule has 0 N–H and O–H groups in total. The average molecular weight is 403 g/mol. The van der Waals surface area contributed by atoms with E-state index in [0.29, 0.717) is 0 Å². The molecule has 10 heteroatoms. The molecule has 0 spiro atoms. The van der Waals surface area contributed by atoms with Crippen LogP contribution in [0.2, 0.25) is 0 Å². The van der Waals surface area contributed by atoms with E-state index in [1.165, 1.54) is 0 Å². The van der Waals surface area contributed by atoms with E-state index in [0.717, 1.165) is 0 Å². The average Bonchev–Trinajstić information content (AvgIpc) is 0.503. The minimum Gasteiger partial charge on any atom is 0 e. The summed E-state index contributed by atoms with van der Waals surface area (Å²) >= 11 is 0. The molecule has 58 valence electrons. The fourth-order valence-electron chi connectivity index (χ4n) is 0. The largest absolute Gasteiger partial charge is 0 e. The second-order valence-electron chi connectivity index (χ2n) is 1.91. The van der Waals surface area contributed by atoms with E-state index in [1.54, 1.807) is 0 Å². The Labute approximate surface area is 63.9 Å². The van der Waals surface area contributed by atoms with E-state index in [1.807, 2.05) is 0 Å². The Morgan fingerprint density at radius 3 is 0.500 bits per heavy atom. The molecule has 0 aromatic rings. The van der Waals surface area contributed by atoms with Crippen LogP contribution in [0.4, 0.5) is 0 Å². The first kappa shape index (κ1) is 12.6. The maximum absolute atomic E-state index is 13.4. The molecule has 0 aliphatic rings. The van der Waals surface area contributed by atoms with Crippen LogP contribution in [0.5, 0.6) is 0 Å². The van der Waals surface area contributed by atoms with Gasteiger partial charge in [0.05, 0.1) is 0 Å². The van der Waals surface area contributed by atoms with Crippen molar-refractivity contribution in [3.05, 3.63) is 0 Å². The van der Waals surface area contributed by atoms with Crippen molar-refractivity contribution >= 4 is 0 Å². The predicted octanol–water partition coefficient (Wildman–Crippen LogP) is -0.955. The summed E-state index contributed by atoms with van der Waals surface area (Å²) in [6, 6.07) is 0. The van der Waals surface area contributed by atoms with Gasteiger partial charge in [-0.15, -0.1) is 0 Å². The summed E-state index contributed by atoms with van der Waals surface area (Å²) in [6.45, 7) is 0. The third-order valence-corrected chi connectivity index (χ3v) is 0. The van der Waals surface area contributed by atoms with Gasteiger partial charge >= 0.3 is 37.9 Å². The van der Waals surface area contributed by atoms with Gasteiger partial charge in [-0.05, 0) is 0 Å². The van der Waals surface area contributed by atoms with Gasteiger partial charge in [-0.2, -0.15) is 0 Å². The van der Waals surface area contributed by atoms with Gasteiger partial charge in [0.25, 0.3) is 0 Å². The Balaban J connectivity index is 0. The summed E-state index contributed by atoms with van der Waals surface area (Å²) in [6.07, 6.45) is 0. The van der Waals surface area contributed by atoms with Crippen molar-refractivity contribution in [3.63, 3.8) is 0 Å². The second kappa shape index (κ2) is 0.729. The van der Waals surface area contributed by atoms with Crippen LogP contribution in [0.1, 0.15) is 0 Å². The predicted molar refractivity (Wildman–Crippen MR) is 5.49 cm³/mol. The van der Waals surface area contributed by atoms with Crippen molar-refractivity contribution in [1.29, 1.82) is 0 Å². The van der Waals surface area contributed by atoms with Crippen molar-refractivity contribution in [2.75, 3.05) is 0 Å². The van der Waals surface area contributed by atoms with E-state index in [4.69, 9.17) is 27.2 Å². The van der Waals surface area contributed by atoms with Gasteiger partial charge in [0.2, 0.25) is 0 Å². The maximum atomic E-state index is 8.70. The van der Waals surface area contributed by atoms with Crippen LogP contribution in [-0.2, 0) is 64.1 Å². The Bertz CT molecular complexity index is 880. The molecule has 0 aromatic heterocycles. The first-order chi connectivity index (χ1) is 2.83. The molecule has 0 amide bonds. The van der Waals surface area contributed by atoms with Crippen molar-refractivity contribution in [1.82, 2.24) is 0 Å². The van der Waals surface area contributed by atoms with Crippen LogP contribution in [0.3, 0.4) is 0 Å². The van der Waals surface area contributed by atoms with E-state index in [-0.39, 0.29) is 26.2 Å².